The first-order valence-electron chi connectivity index (χ1n) is 10.6. The van der Waals surface area contributed by atoms with E-state index in [2.05, 4.69) is 45.5 Å². The molecule has 3 fully saturated rings. The number of aromatic nitrogens is 2. The van der Waals surface area contributed by atoms with Gasteiger partial charge in [-0.1, -0.05) is 18.2 Å². The highest BCUT2D eigenvalue weighted by Crippen LogP contribution is 2.40. The van der Waals surface area contributed by atoms with E-state index in [0.29, 0.717) is 30.3 Å². The molecule has 5 nitrogen and oxygen atoms in total. The Balaban J connectivity index is 1.36. The summed E-state index contributed by atoms with van der Waals surface area (Å²) in [5.41, 5.74) is 1.00. The molecule has 1 amide bonds. The van der Waals surface area contributed by atoms with Gasteiger partial charge in [0.2, 0.25) is 5.91 Å². The molecule has 148 valence electrons. The van der Waals surface area contributed by atoms with Crippen LogP contribution in [0.5, 0.6) is 0 Å². The van der Waals surface area contributed by atoms with E-state index >= 15 is 0 Å². The summed E-state index contributed by atoms with van der Waals surface area (Å²) in [5, 5.41) is 3.20. The first-order valence-corrected chi connectivity index (χ1v) is 11.5. The van der Waals surface area contributed by atoms with Crippen LogP contribution in [-0.2, 0) is 4.79 Å². The number of anilines is 1. The molecule has 0 spiro atoms. The number of rotatable bonds is 3. The number of nitrogens with zero attached hydrogens (tertiary/aromatic N) is 4. The Hall–Kier alpha value is -2.47. The number of para-hydroxylation sites is 1. The molecule has 4 heterocycles. The molecular formula is C23H24N4OS. The first-order chi connectivity index (χ1) is 14.3. The Bertz CT molecular complexity index is 1060. The fourth-order valence-electron chi connectivity index (χ4n) is 5.13. The number of likely N-dealkylation sites (tertiary alicyclic amines) is 1. The molecule has 0 bridgehead atoms. The zero-order chi connectivity index (χ0) is 19.4. The van der Waals surface area contributed by atoms with Crippen LogP contribution in [0, 0.1) is 5.92 Å². The third-order valence-electron chi connectivity index (χ3n) is 6.63. The topological polar surface area (TPSA) is 49.3 Å². The summed E-state index contributed by atoms with van der Waals surface area (Å²) >= 11 is 1.68. The second-order valence-electron chi connectivity index (χ2n) is 8.50. The van der Waals surface area contributed by atoms with Crippen molar-refractivity contribution in [2.24, 2.45) is 5.92 Å². The Morgan fingerprint density at radius 2 is 1.90 bits per heavy atom. The average molecular weight is 405 g/mol. The van der Waals surface area contributed by atoms with Crippen LogP contribution in [0.15, 0.2) is 41.8 Å². The highest BCUT2D eigenvalue weighted by atomic mass is 32.1. The van der Waals surface area contributed by atoms with Gasteiger partial charge in [0.25, 0.3) is 0 Å². The van der Waals surface area contributed by atoms with Gasteiger partial charge in [-0.3, -0.25) is 4.79 Å². The minimum atomic E-state index is 0.384. The summed E-state index contributed by atoms with van der Waals surface area (Å²) in [6.45, 7) is 1.93. The molecule has 6 heteroatoms. The van der Waals surface area contributed by atoms with Crippen molar-refractivity contribution in [3.63, 3.8) is 0 Å². The van der Waals surface area contributed by atoms with Crippen LogP contribution in [-0.4, -0.2) is 45.9 Å². The van der Waals surface area contributed by atoms with Crippen molar-refractivity contribution in [1.82, 2.24) is 14.9 Å². The third kappa shape index (κ3) is 3.01. The van der Waals surface area contributed by atoms with Crippen molar-refractivity contribution in [2.45, 2.75) is 44.2 Å². The fourth-order valence-corrected chi connectivity index (χ4v) is 5.79. The van der Waals surface area contributed by atoms with Crippen LogP contribution in [0.25, 0.3) is 21.6 Å². The quantitative estimate of drug-likeness (QED) is 0.652. The van der Waals surface area contributed by atoms with E-state index in [1.54, 1.807) is 11.3 Å². The molecule has 2 saturated heterocycles. The molecule has 1 aromatic carbocycles. The van der Waals surface area contributed by atoms with Crippen LogP contribution in [0.4, 0.5) is 5.82 Å². The Labute approximate surface area is 174 Å². The van der Waals surface area contributed by atoms with Crippen molar-refractivity contribution in [2.75, 3.05) is 18.0 Å². The summed E-state index contributed by atoms with van der Waals surface area (Å²) in [7, 11) is 0. The van der Waals surface area contributed by atoms with Crippen LogP contribution >= 0.6 is 11.3 Å². The van der Waals surface area contributed by atoms with Gasteiger partial charge < -0.3 is 9.80 Å². The molecule has 0 radical (unpaired) electrons. The van der Waals surface area contributed by atoms with Crippen LogP contribution in [0.2, 0.25) is 0 Å². The van der Waals surface area contributed by atoms with Gasteiger partial charge in [0, 0.05) is 37.0 Å². The molecule has 0 N–H and O–H groups in total. The van der Waals surface area contributed by atoms with Gasteiger partial charge in [-0.15, -0.1) is 11.3 Å². The van der Waals surface area contributed by atoms with Crippen molar-refractivity contribution in [1.29, 1.82) is 0 Å². The number of hydrogen-bond acceptors (Lipinski definition) is 5. The lowest BCUT2D eigenvalue weighted by molar-refractivity contribution is -0.140. The largest absolute Gasteiger partial charge is 0.356 e. The van der Waals surface area contributed by atoms with Gasteiger partial charge in [-0.05, 0) is 55.2 Å². The molecule has 1 saturated carbocycles. The fraction of sp³-hybridized carbons (Fsp3) is 0.435. The highest BCUT2D eigenvalue weighted by molar-refractivity contribution is 7.13. The van der Waals surface area contributed by atoms with Crippen LogP contribution in [0.3, 0.4) is 0 Å². The normalized spacial score (nSPS) is 24.8. The van der Waals surface area contributed by atoms with Gasteiger partial charge >= 0.3 is 0 Å². The molecular weight excluding hydrogens is 380 g/mol. The van der Waals surface area contributed by atoms with Crippen molar-refractivity contribution >= 4 is 34.0 Å². The molecule has 2 aromatic heterocycles. The number of benzene rings is 1. The van der Waals surface area contributed by atoms with E-state index in [1.807, 2.05) is 6.07 Å². The van der Waals surface area contributed by atoms with E-state index in [1.165, 1.54) is 12.8 Å². The Morgan fingerprint density at radius 3 is 2.72 bits per heavy atom. The van der Waals surface area contributed by atoms with Gasteiger partial charge in [0.15, 0.2) is 5.82 Å². The van der Waals surface area contributed by atoms with E-state index < -0.39 is 0 Å². The van der Waals surface area contributed by atoms with E-state index in [4.69, 9.17) is 9.97 Å². The standard InChI is InChI=1S/C23H24N4OS/c28-21-10-7-15-14-26(12-11-19(15)27(21)16-8-9-16)23-17-4-1-2-5-18(17)24-22(25-23)20-6-3-13-29-20/h1-6,13,15-16,19H,7-12,14H2/t15-,19-/m0/s1. The van der Waals surface area contributed by atoms with Crippen LogP contribution in [0.1, 0.15) is 32.1 Å². The Kier molecular flexibility index (Phi) is 4.08. The maximum atomic E-state index is 12.5. The van der Waals surface area contributed by atoms with Gasteiger partial charge in [0.1, 0.15) is 5.82 Å². The number of carbonyl (C=O) groups is 1. The zero-order valence-electron chi connectivity index (χ0n) is 16.3. The number of amides is 1. The minimum absolute atomic E-state index is 0.384. The molecule has 3 aromatic rings. The molecule has 0 unspecified atom stereocenters. The number of thiophene rings is 1. The molecule has 6 rings (SSSR count). The lowest BCUT2D eigenvalue weighted by Crippen LogP contribution is -2.56. The van der Waals surface area contributed by atoms with Crippen molar-refractivity contribution in [3.05, 3.63) is 41.8 Å². The summed E-state index contributed by atoms with van der Waals surface area (Å²) in [4.78, 5) is 28.2. The molecule has 2 aliphatic heterocycles. The maximum Gasteiger partial charge on any atom is 0.223 e. The summed E-state index contributed by atoms with van der Waals surface area (Å²) in [5.74, 6) is 2.79. The molecule has 3 aliphatic rings. The lowest BCUT2D eigenvalue weighted by Gasteiger charge is -2.47. The van der Waals surface area contributed by atoms with Crippen molar-refractivity contribution < 1.29 is 4.79 Å². The monoisotopic (exact) mass is 404 g/mol. The van der Waals surface area contributed by atoms with E-state index in [0.717, 1.165) is 53.4 Å². The molecule has 29 heavy (non-hydrogen) atoms. The second kappa shape index (κ2) is 6.80. The third-order valence-corrected chi connectivity index (χ3v) is 7.50. The van der Waals surface area contributed by atoms with Crippen molar-refractivity contribution in [3.8, 4) is 10.7 Å². The summed E-state index contributed by atoms with van der Waals surface area (Å²) in [6.07, 6.45) is 5.14. The van der Waals surface area contributed by atoms with Crippen LogP contribution < -0.4 is 4.90 Å². The minimum Gasteiger partial charge on any atom is -0.356 e. The SMILES string of the molecule is O=C1CC[C@H]2CN(c3nc(-c4cccs4)nc4ccccc34)CC[C@@H]2N1C1CC1. The van der Waals surface area contributed by atoms with Gasteiger partial charge in [0.05, 0.1) is 10.4 Å². The molecule has 2 atom stereocenters. The zero-order valence-corrected chi connectivity index (χ0v) is 17.1. The van der Waals surface area contributed by atoms with Gasteiger partial charge in [-0.2, -0.15) is 0 Å². The van der Waals surface area contributed by atoms with Gasteiger partial charge in [-0.25, -0.2) is 9.97 Å². The smallest absolute Gasteiger partial charge is 0.223 e. The Morgan fingerprint density at radius 1 is 1.00 bits per heavy atom. The predicted octanol–water partition coefficient (Wildman–Crippen LogP) is 4.34. The van der Waals surface area contributed by atoms with E-state index in [-0.39, 0.29) is 0 Å². The number of carbonyl (C=O) groups excluding carboxylic acids is 1. The lowest BCUT2D eigenvalue weighted by atomic mass is 9.83. The number of hydrogen-bond donors (Lipinski definition) is 0. The highest BCUT2D eigenvalue weighted by Gasteiger charge is 2.45. The number of fused-ring (bicyclic) bond motifs is 2. The summed E-state index contributed by atoms with van der Waals surface area (Å²) < 4.78 is 0. The average Bonchev–Trinajstić information content (AvgIpc) is 3.44. The second-order valence-corrected chi connectivity index (χ2v) is 9.45. The maximum absolute atomic E-state index is 12.5. The first kappa shape index (κ1) is 17.4. The van der Waals surface area contributed by atoms with E-state index in [9.17, 15) is 4.79 Å². The molecule has 1 aliphatic carbocycles. The predicted molar refractivity (Wildman–Crippen MR) is 116 cm³/mol. The number of piperidine rings is 2. The summed E-state index contributed by atoms with van der Waals surface area (Å²) in [6, 6.07) is 13.4.